The zero-order valence-corrected chi connectivity index (χ0v) is 10.4. The number of rotatable bonds is 6. The predicted octanol–water partition coefficient (Wildman–Crippen LogP) is 1.07. The molecule has 0 aromatic carbocycles. The molecule has 0 aliphatic carbocycles. The second-order valence-electron chi connectivity index (χ2n) is 3.89. The van der Waals surface area contributed by atoms with Gasteiger partial charge in [0.1, 0.15) is 5.69 Å². The molecule has 96 valence electrons. The molecule has 1 atom stereocenters. The summed E-state index contributed by atoms with van der Waals surface area (Å²) in [4.78, 5) is 4.10. The lowest BCUT2D eigenvalue weighted by Crippen LogP contribution is -2.29. The Morgan fingerprint density at radius 3 is 3.11 bits per heavy atom. The molecule has 5 heteroatoms. The summed E-state index contributed by atoms with van der Waals surface area (Å²) < 4.78 is 0. The van der Waals surface area contributed by atoms with Crippen LogP contribution in [0.25, 0.3) is 0 Å². The molecular formula is C13H18N4O. The largest absolute Gasteiger partial charge is 0.409 e. The van der Waals surface area contributed by atoms with Crippen LogP contribution in [0.15, 0.2) is 23.5 Å². The van der Waals surface area contributed by atoms with Gasteiger partial charge < -0.3 is 16.3 Å². The van der Waals surface area contributed by atoms with Gasteiger partial charge in [-0.25, -0.2) is 0 Å². The second kappa shape index (κ2) is 7.30. The van der Waals surface area contributed by atoms with Crippen LogP contribution < -0.4 is 11.1 Å². The quantitative estimate of drug-likeness (QED) is 0.230. The van der Waals surface area contributed by atoms with E-state index in [1.54, 1.807) is 6.20 Å². The number of nitrogens with one attached hydrogen (secondary N) is 1. The monoisotopic (exact) mass is 246 g/mol. The van der Waals surface area contributed by atoms with Gasteiger partial charge in [-0.3, -0.25) is 4.98 Å². The number of pyridine rings is 1. The molecule has 0 fully saturated rings. The van der Waals surface area contributed by atoms with Crippen molar-refractivity contribution in [1.82, 2.24) is 10.3 Å². The van der Waals surface area contributed by atoms with Crippen molar-refractivity contribution in [2.75, 3.05) is 0 Å². The standard InChI is InChI=1S/C13H18N4O/c1-3-6-11(4-2)16-9-10-7-5-8-15-12(10)13(14)17-18/h1,5,7-8,11,16,18H,4,6,9H2,2H3,(H2,14,17). The fraction of sp³-hybridized carbons (Fsp3) is 0.385. The Balaban J connectivity index is 2.76. The average Bonchev–Trinajstić information content (AvgIpc) is 2.43. The van der Waals surface area contributed by atoms with Crippen LogP contribution in [0, 0.1) is 12.3 Å². The topological polar surface area (TPSA) is 83.5 Å². The highest BCUT2D eigenvalue weighted by atomic mass is 16.4. The first-order valence-electron chi connectivity index (χ1n) is 5.81. The van der Waals surface area contributed by atoms with Gasteiger partial charge in [-0.05, 0) is 18.1 Å². The van der Waals surface area contributed by atoms with Crippen molar-refractivity contribution in [3.05, 3.63) is 29.6 Å². The molecule has 1 heterocycles. The average molecular weight is 246 g/mol. The van der Waals surface area contributed by atoms with Crippen LogP contribution in [0.3, 0.4) is 0 Å². The number of terminal acetylenes is 1. The van der Waals surface area contributed by atoms with E-state index in [0.29, 0.717) is 18.7 Å². The Labute approximate surface area is 107 Å². The van der Waals surface area contributed by atoms with Crippen molar-refractivity contribution in [2.45, 2.75) is 32.4 Å². The van der Waals surface area contributed by atoms with E-state index in [-0.39, 0.29) is 11.9 Å². The Bertz CT molecular complexity index is 451. The van der Waals surface area contributed by atoms with Crippen molar-refractivity contribution in [3.8, 4) is 12.3 Å². The Morgan fingerprint density at radius 2 is 2.50 bits per heavy atom. The predicted molar refractivity (Wildman–Crippen MR) is 71.1 cm³/mol. The van der Waals surface area contributed by atoms with Crippen LogP contribution in [-0.4, -0.2) is 22.1 Å². The number of nitrogens with zero attached hydrogens (tertiary/aromatic N) is 2. The molecule has 5 nitrogen and oxygen atoms in total. The fourth-order valence-electron chi connectivity index (χ4n) is 1.62. The fourth-order valence-corrected chi connectivity index (χ4v) is 1.62. The lowest BCUT2D eigenvalue weighted by molar-refractivity contribution is 0.318. The summed E-state index contributed by atoms with van der Waals surface area (Å²) in [5.41, 5.74) is 6.94. The third kappa shape index (κ3) is 3.75. The molecule has 0 amide bonds. The third-order valence-electron chi connectivity index (χ3n) is 2.68. The van der Waals surface area contributed by atoms with Gasteiger partial charge in [0.2, 0.25) is 0 Å². The van der Waals surface area contributed by atoms with Gasteiger partial charge in [0, 0.05) is 25.2 Å². The molecule has 1 unspecified atom stereocenters. The van der Waals surface area contributed by atoms with E-state index in [4.69, 9.17) is 17.4 Å². The van der Waals surface area contributed by atoms with E-state index in [1.807, 2.05) is 12.1 Å². The number of amidine groups is 1. The molecule has 0 saturated carbocycles. The molecule has 0 aliphatic rings. The summed E-state index contributed by atoms with van der Waals surface area (Å²) in [6.07, 6.45) is 8.53. The molecule has 0 aliphatic heterocycles. The summed E-state index contributed by atoms with van der Waals surface area (Å²) in [5, 5.41) is 15.0. The highest BCUT2D eigenvalue weighted by molar-refractivity contribution is 5.96. The first-order valence-corrected chi connectivity index (χ1v) is 5.81. The number of nitrogens with two attached hydrogens (primary N) is 1. The van der Waals surface area contributed by atoms with E-state index in [1.165, 1.54) is 0 Å². The number of oxime groups is 1. The van der Waals surface area contributed by atoms with Crippen LogP contribution in [0.4, 0.5) is 0 Å². The molecule has 0 bridgehead atoms. The molecule has 1 aromatic rings. The molecule has 1 rings (SSSR count). The third-order valence-corrected chi connectivity index (χ3v) is 2.68. The summed E-state index contributed by atoms with van der Waals surface area (Å²) in [6.45, 7) is 2.66. The van der Waals surface area contributed by atoms with Gasteiger partial charge in [0.25, 0.3) is 0 Å². The van der Waals surface area contributed by atoms with Crippen LogP contribution in [0.1, 0.15) is 31.0 Å². The van der Waals surface area contributed by atoms with Gasteiger partial charge in [-0.15, -0.1) is 12.3 Å². The Kier molecular flexibility index (Phi) is 5.68. The van der Waals surface area contributed by atoms with Gasteiger partial charge in [0.15, 0.2) is 5.84 Å². The minimum atomic E-state index is 0.0115. The number of aromatic nitrogens is 1. The van der Waals surface area contributed by atoms with E-state index in [9.17, 15) is 0 Å². The molecule has 0 spiro atoms. The lowest BCUT2D eigenvalue weighted by Gasteiger charge is -2.15. The van der Waals surface area contributed by atoms with Crippen LogP contribution in [-0.2, 0) is 6.54 Å². The van der Waals surface area contributed by atoms with E-state index in [0.717, 1.165) is 12.0 Å². The minimum Gasteiger partial charge on any atom is -0.409 e. The van der Waals surface area contributed by atoms with Crippen molar-refractivity contribution in [1.29, 1.82) is 0 Å². The Hall–Kier alpha value is -2.06. The van der Waals surface area contributed by atoms with E-state index >= 15 is 0 Å². The van der Waals surface area contributed by atoms with Crippen LogP contribution in [0.2, 0.25) is 0 Å². The zero-order chi connectivity index (χ0) is 13.4. The van der Waals surface area contributed by atoms with Crippen LogP contribution >= 0.6 is 0 Å². The van der Waals surface area contributed by atoms with Crippen LogP contribution in [0.5, 0.6) is 0 Å². The highest BCUT2D eigenvalue weighted by Gasteiger charge is 2.10. The molecule has 0 radical (unpaired) electrons. The van der Waals surface area contributed by atoms with Crippen molar-refractivity contribution >= 4 is 5.84 Å². The SMILES string of the molecule is C#CCC(CC)NCc1cccnc1/C(N)=N/O. The van der Waals surface area contributed by atoms with Crippen molar-refractivity contribution in [2.24, 2.45) is 10.9 Å². The molecule has 1 aromatic heterocycles. The van der Waals surface area contributed by atoms with E-state index < -0.39 is 0 Å². The maximum Gasteiger partial charge on any atom is 0.189 e. The molecular weight excluding hydrogens is 228 g/mol. The van der Waals surface area contributed by atoms with Crippen molar-refractivity contribution in [3.63, 3.8) is 0 Å². The van der Waals surface area contributed by atoms with Gasteiger partial charge in [-0.2, -0.15) is 0 Å². The molecule has 0 saturated heterocycles. The molecule has 4 N–H and O–H groups in total. The first kappa shape index (κ1) is 14.0. The number of hydrogen-bond acceptors (Lipinski definition) is 4. The molecule has 18 heavy (non-hydrogen) atoms. The Morgan fingerprint density at radius 1 is 1.72 bits per heavy atom. The maximum absolute atomic E-state index is 8.70. The van der Waals surface area contributed by atoms with Gasteiger partial charge in [0.05, 0.1) is 0 Å². The highest BCUT2D eigenvalue weighted by Crippen LogP contribution is 2.06. The van der Waals surface area contributed by atoms with E-state index in [2.05, 4.69) is 28.3 Å². The lowest BCUT2D eigenvalue weighted by atomic mass is 10.1. The van der Waals surface area contributed by atoms with Gasteiger partial charge in [-0.1, -0.05) is 18.1 Å². The summed E-state index contributed by atoms with van der Waals surface area (Å²) in [6, 6.07) is 3.96. The van der Waals surface area contributed by atoms with Gasteiger partial charge >= 0.3 is 0 Å². The maximum atomic E-state index is 8.70. The normalized spacial score (nSPS) is 13.0. The zero-order valence-electron chi connectivity index (χ0n) is 10.4. The second-order valence-corrected chi connectivity index (χ2v) is 3.89. The minimum absolute atomic E-state index is 0.0115. The summed E-state index contributed by atoms with van der Waals surface area (Å²) in [7, 11) is 0. The smallest absolute Gasteiger partial charge is 0.189 e. The summed E-state index contributed by atoms with van der Waals surface area (Å²) >= 11 is 0. The number of hydrogen-bond donors (Lipinski definition) is 3. The van der Waals surface area contributed by atoms with Crippen molar-refractivity contribution < 1.29 is 5.21 Å². The first-order chi connectivity index (χ1) is 8.72. The summed E-state index contributed by atoms with van der Waals surface area (Å²) in [5.74, 6) is 2.65.